The van der Waals surface area contributed by atoms with Crippen LogP contribution in [0.2, 0.25) is 0 Å². The van der Waals surface area contributed by atoms with E-state index in [2.05, 4.69) is 9.80 Å². The summed E-state index contributed by atoms with van der Waals surface area (Å²) in [6, 6.07) is 11.7. The third kappa shape index (κ3) is 5.88. The van der Waals surface area contributed by atoms with Crippen LogP contribution in [0, 0.1) is 0 Å². The number of halogens is 1. The van der Waals surface area contributed by atoms with Gasteiger partial charge in [0.05, 0.1) is 27.9 Å². The van der Waals surface area contributed by atoms with Crippen molar-refractivity contribution >= 4 is 18.3 Å². The van der Waals surface area contributed by atoms with Crippen LogP contribution >= 0.6 is 12.4 Å². The molecule has 0 aliphatic carbocycles. The molecular formula is C26H35ClN2O5. The van der Waals surface area contributed by atoms with Crippen LogP contribution in [0.25, 0.3) is 0 Å². The lowest BCUT2D eigenvalue weighted by Gasteiger charge is -2.41. The Morgan fingerprint density at radius 3 is 2.35 bits per heavy atom. The Labute approximate surface area is 208 Å². The van der Waals surface area contributed by atoms with Crippen LogP contribution in [0.4, 0.5) is 0 Å². The molecule has 2 heterocycles. The Bertz CT molecular complexity index is 953. The number of nitrogens with zero attached hydrogens (tertiary/aromatic N) is 2. The topological polar surface area (TPSA) is 60.5 Å². The quantitative estimate of drug-likeness (QED) is 0.494. The lowest BCUT2D eigenvalue weighted by Crippen LogP contribution is -2.52. The lowest BCUT2D eigenvalue weighted by molar-refractivity contribution is 0.0517. The predicted octanol–water partition coefficient (Wildman–Crippen LogP) is 4.07. The molecule has 186 valence electrons. The van der Waals surface area contributed by atoms with Crippen LogP contribution in [0.1, 0.15) is 35.2 Å². The first-order chi connectivity index (χ1) is 16.1. The van der Waals surface area contributed by atoms with Gasteiger partial charge in [0.15, 0.2) is 11.5 Å². The molecule has 7 nitrogen and oxygen atoms in total. The number of fused-ring (bicyclic) bond motifs is 1. The third-order valence-electron chi connectivity index (χ3n) is 6.59. The SMILES string of the molecule is COc1ccc(OCCCN2CCCC(N3CCc4cc(OC)c(OC)cc4C3=O)C2)cc1.Cl. The zero-order valence-corrected chi connectivity index (χ0v) is 21.1. The standard InChI is InChI=1S/C26H34N2O5.ClH/c1-30-21-7-9-22(10-8-21)33-15-5-13-27-12-4-6-20(18-27)28-14-11-19-16-24(31-2)25(32-3)17-23(19)26(28)29;/h7-10,16-17,20H,4-6,11-15,18H2,1-3H3;1H. The van der Waals surface area contributed by atoms with Crippen molar-refractivity contribution in [1.82, 2.24) is 9.80 Å². The van der Waals surface area contributed by atoms with Crippen molar-refractivity contribution in [3.8, 4) is 23.0 Å². The molecule has 2 aliphatic rings. The van der Waals surface area contributed by atoms with Crippen LogP contribution in [-0.4, -0.2) is 75.9 Å². The number of methoxy groups -OCH3 is 3. The van der Waals surface area contributed by atoms with E-state index in [1.807, 2.05) is 36.4 Å². The number of piperidine rings is 1. The van der Waals surface area contributed by atoms with E-state index in [4.69, 9.17) is 18.9 Å². The van der Waals surface area contributed by atoms with Crippen LogP contribution in [0.3, 0.4) is 0 Å². The Morgan fingerprint density at radius 1 is 0.941 bits per heavy atom. The van der Waals surface area contributed by atoms with Crippen molar-refractivity contribution < 1.29 is 23.7 Å². The van der Waals surface area contributed by atoms with Gasteiger partial charge in [0.25, 0.3) is 5.91 Å². The first-order valence-electron chi connectivity index (χ1n) is 11.7. The fourth-order valence-electron chi connectivity index (χ4n) is 4.81. The number of hydrogen-bond acceptors (Lipinski definition) is 6. The van der Waals surface area contributed by atoms with Gasteiger partial charge in [0, 0.05) is 31.2 Å². The summed E-state index contributed by atoms with van der Waals surface area (Å²) in [5, 5.41) is 0. The summed E-state index contributed by atoms with van der Waals surface area (Å²) in [7, 11) is 4.89. The van der Waals surface area contributed by atoms with Crippen molar-refractivity contribution in [2.75, 3.05) is 54.1 Å². The molecule has 1 amide bonds. The molecule has 0 saturated carbocycles. The lowest BCUT2D eigenvalue weighted by atomic mass is 9.94. The van der Waals surface area contributed by atoms with Gasteiger partial charge in [0.1, 0.15) is 11.5 Å². The molecule has 2 aliphatic heterocycles. The Morgan fingerprint density at radius 2 is 1.65 bits per heavy atom. The number of likely N-dealkylation sites (tertiary alicyclic amines) is 1. The molecule has 0 spiro atoms. The van der Waals surface area contributed by atoms with Crippen LogP contribution in [-0.2, 0) is 6.42 Å². The van der Waals surface area contributed by atoms with Crippen molar-refractivity contribution in [2.24, 2.45) is 0 Å². The molecule has 1 unspecified atom stereocenters. The fourth-order valence-corrected chi connectivity index (χ4v) is 4.81. The Hall–Kier alpha value is -2.64. The van der Waals surface area contributed by atoms with Crippen molar-refractivity contribution in [3.63, 3.8) is 0 Å². The second-order valence-electron chi connectivity index (χ2n) is 8.59. The van der Waals surface area contributed by atoms with E-state index < -0.39 is 0 Å². The number of rotatable bonds is 9. The number of carbonyl (C=O) groups is 1. The van der Waals surface area contributed by atoms with Crippen LogP contribution < -0.4 is 18.9 Å². The molecule has 0 radical (unpaired) electrons. The molecule has 0 bridgehead atoms. The molecule has 0 aromatic heterocycles. The minimum absolute atomic E-state index is 0. The van der Waals surface area contributed by atoms with Gasteiger partial charge in [-0.2, -0.15) is 0 Å². The Kier molecular flexibility index (Phi) is 9.30. The maximum Gasteiger partial charge on any atom is 0.254 e. The van der Waals surface area contributed by atoms with Crippen LogP contribution in [0.15, 0.2) is 36.4 Å². The number of amides is 1. The van der Waals surface area contributed by atoms with Gasteiger partial charge in [-0.1, -0.05) is 0 Å². The zero-order valence-electron chi connectivity index (χ0n) is 20.2. The second kappa shape index (κ2) is 12.2. The molecule has 1 fully saturated rings. The molecule has 2 aromatic rings. The molecule has 8 heteroatoms. The van der Waals surface area contributed by atoms with E-state index in [1.165, 1.54) is 0 Å². The van der Waals surface area contributed by atoms with E-state index in [1.54, 1.807) is 21.3 Å². The van der Waals surface area contributed by atoms with Gasteiger partial charge >= 0.3 is 0 Å². The number of carbonyl (C=O) groups excluding carboxylic acids is 1. The first-order valence-corrected chi connectivity index (χ1v) is 11.7. The largest absolute Gasteiger partial charge is 0.497 e. The monoisotopic (exact) mass is 490 g/mol. The van der Waals surface area contributed by atoms with E-state index in [9.17, 15) is 4.79 Å². The van der Waals surface area contributed by atoms with Crippen molar-refractivity contribution in [1.29, 1.82) is 0 Å². The average Bonchev–Trinajstić information content (AvgIpc) is 2.86. The summed E-state index contributed by atoms with van der Waals surface area (Å²) in [4.78, 5) is 17.9. The van der Waals surface area contributed by atoms with Gasteiger partial charge in [-0.3, -0.25) is 4.79 Å². The highest BCUT2D eigenvalue weighted by molar-refractivity contribution is 5.97. The highest BCUT2D eigenvalue weighted by atomic mass is 35.5. The van der Waals surface area contributed by atoms with E-state index in [-0.39, 0.29) is 24.4 Å². The summed E-state index contributed by atoms with van der Waals surface area (Å²) < 4.78 is 21.9. The van der Waals surface area contributed by atoms with E-state index in [0.29, 0.717) is 18.1 Å². The van der Waals surface area contributed by atoms with Gasteiger partial charge in [-0.05, 0) is 74.2 Å². The minimum atomic E-state index is 0. The first kappa shape index (κ1) is 26.0. The molecule has 1 atom stereocenters. The normalized spacial score (nSPS) is 18.0. The number of hydrogen-bond donors (Lipinski definition) is 0. The van der Waals surface area contributed by atoms with Crippen molar-refractivity contribution in [3.05, 3.63) is 47.5 Å². The van der Waals surface area contributed by atoms with Gasteiger partial charge < -0.3 is 28.7 Å². The van der Waals surface area contributed by atoms with Crippen molar-refractivity contribution in [2.45, 2.75) is 31.7 Å². The summed E-state index contributed by atoms with van der Waals surface area (Å²) in [6.45, 7) is 4.38. The number of ether oxygens (including phenoxy) is 4. The number of benzene rings is 2. The molecule has 4 rings (SSSR count). The smallest absolute Gasteiger partial charge is 0.254 e. The summed E-state index contributed by atoms with van der Waals surface area (Å²) >= 11 is 0. The molecule has 34 heavy (non-hydrogen) atoms. The van der Waals surface area contributed by atoms with E-state index in [0.717, 1.165) is 74.5 Å². The molecular weight excluding hydrogens is 456 g/mol. The second-order valence-corrected chi connectivity index (χ2v) is 8.59. The van der Waals surface area contributed by atoms with E-state index >= 15 is 0 Å². The molecule has 0 N–H and O–H groups in total. The summed E-state index contributed by atoms with van der Waals surface area (Å²) in [5.41, 5.74) is 1.78. The zero-order chi connectivity index (χ0) is 23.2. The van der Waals surface area contributed by atoms with Gasteiger partial charge in [0.2, 0.25) is 0 Å². The summed E-state index contributed by atoms with van der Waals surface area (Å²) in [5.74, 6) is 3.07. The molecule has 1 saturated heterocycles. The van der Waals surface area contributed by atoms with Gasteiger partial charge in [-0.15, -0.1) is 12.4 Å². The Balaban J connectivity index is 0.00000324. The maximum absolute atomic E-state index is 13.3. The van der Waals surface area contributed by atoms with Gasteiger partial charge in [-0.25, -0.2) is 0 Å². The fraction of sp³-hybridized carbons (Fsp3) is 0.500. The average molecular weight is 491 g/mol. The highest BCUT2D eigenvalue weighted by Gasteiger charge is 2.33. The predicted molar refractivity (Wildman–Crippen MR) is 134 cm³/mol. The summed E-state index contributed by atoms with van der Waals surface area (Å²) in [6.07, 6.45) is 3.94. The molecule has 2 aromatic carbocycles. The maximum atomic E-state index is 13.3. The highest BCUT2D eigenvalue weighted by Crippen LogP contribution is 2.34. The van der Waals surface area contributed by atoms with Crippen LogP contribution in [0.5, 0.6) is 23.0 Å². The third-order valence-corrected chi connectivity index (χ3v) is 6.59. The minimum Gasteiger partial charge on any atom is -0.497 e.